The highest BCUT2D eigenvalue weighted by atomic mass is 14.9. The van der Waals surface area contributed by atoms with Gasteiger partial charge in [-0.15, -0.1) is 0 Å². The van der Waals surface area contributed by atoms with E-state index in [9.17, 15) is 0 Å². The average molecular weight is 541 g/mol. The molecule has 11 aliphatic carbocycles. The Hall–Kier alpha value is -2.60. The summed E-state index contributed by atoms with van der Waals surface area (Å²) in [5.74, 6) is 4.09. The first-order valence-electron chi connectivity index (χ1n) is 17.1. The van der Waals surface area contributed by atoms with E-state index < -0.39 is 0 Å². The van der Waals surface area contributed by atoms with Gasteiger partial charge in [0.15, 0.2) is 0 Å². The van der Waals surface area contributed by atoms with Crippen molar-refractivity contribution in [1.82, 2.24) is 0 Å². The van der Waals surface area contributed by atoms with Gasteiger partial charge in [0.1, 0.15) is 0 Å². The summed E-state index contributed by atoms with van der Waals surface area (Å²) in [7, 11) is 0. The highest BCUT2D eigenvalue weighted by Gasteiger charge is 2.88. The molecule has 43 heavy (non-hydrogen) atoms. The van der Waals surface area contributed by atoms with Gasteiger partial charge in [-0.1, -0.05) is 13.8 Å². The first kappa shape index (κ1) is 19.7. The molecule has 0 aromatic heterocycles. The lowest BCUT2D eigenvalue weighted by molar-refractivity contribution is 0.492. The van der Waals surface area contributed by atoms with Gasteiger partial charge < -0.3 is 0 Å². The first-order valence-corrected chi connectivity index (χ1v) is 17.1. The predicted molar refractivity (Wildman–Crippen MR) is 170 cm³/mol. The van der Waals surface area contributed by atoms with Gasteiger partial charge in [0, 0.05) is 10.8 Å². The molecule has 0 nitrogen and oxygen atoms in total. The Labute approximate surface area is 250 Å². The topological polar surface area (TPSA) is 0 Å². The summed E-state index contributed by atoms with van der Waals surface area (Å²) in [6, 6.07) is 0. The van der Waals surface area contributed by atoms with Crippen LogP contribution < -0.4 is 0 Å². The van der Waals surface area contributed by atoms with E-state index in [1.54, 1.807) is 109 Å². The summed E-state index contributed by atoms with van der Waals surface area (Å²) >= 11 is 0. The lowest BCUT2D eigenvalue weighted by Crippen LogP contribution is -2.30. The van der Waals surface area contributed by atoms with E-state index in [1.807, 2.05) is 0 Å². The van der Waals surface area contributed by atoms with Crippen LogP contribution in [0.5, 0.6) is 0 Å². The minimum absolute atomic E-state index is 0.110. The number of hydrogen-bond acceptors (Lipinski definition) is 0. The molecule has 10 unspecified atom stereocenters. The second kappa shape index (κ2) is 4.85. The predicted octanol–water partition coefficient (Wildman–Crippen LogP) is 9.13. The molecule has 11 aliphatic rings. The second-order valence-corrected chi connectivity index (χ2v) is 17.1. The molecule has 0 heteroatoms. The third kappa shape index (κ3) is 1.26. The standard InChI is InChI=1S/C43H24/c1-41(2)42-11-9-19-17-7-5-15-13-3-4-14-16-6-8-18-20-10-12-43(41,42)40-28(20)32-26(18)24(16)30-22(14)21(13)29-23(15)25(17)31-27(19)39(42)38(40)37-35(31)33(29)34(30)36(32)37/h3-20H,1-2H3. The van der Waals surface area contributed by atoms with Crippen LogP contribution in [0.1, 0.15) is 117 Å². The van der Waals surface area contributed by atoms with Crippen LogP contribution in [-0.2, 0) is 10.8 Å². The fourth-order valence-electron chi connectivity index (χ4n) is 16.0. The zero-order valence-electron chi connectivity index (χ0n) is 23.9. The van der Waals surface area contributed by atoms with E-state index in [-0.39, 0.29) is 16.2 Å². The van der Waals surface area contributed by atoms with Gasteiger partial charge in [-0.05, 0) is 226 Å². The molecule has 0 saturated heterocycles. The van der Waals surface area contributed by atoms with E-state index in [2.05, 4.69) is 78.1 Å². The van der Waals surface area contributed by atoms with Crippen LogP contribution in [0.2, 0.25) is 0 Å². The van der Waals surface area contributed by atoms with Crippen molar-refractivity contribution in [2.75, 3.05) is 0 Å². The van der Waals surface area contributed by atoms with E-state index in [0.717, 1.165) is 0 Å². The van der Waals surface area contributed by atoms with Crippen LogP contribution in [0.25, 0.3) is 53.9 Å². The Kier molecular flexibility index (Phi) is 2.23. The Morgan fingerprint density at radius 1 is 0.326 bits per heavy atom. The summed E-state index contributed by atoms with van der Waals surface area (Å²) in [4.78, 5) is 0. The maximum absolute atomic E-state index is 2.78. The number of fused-ring (bicyclic) bond motifs is 4. The molecule has 1 fully saturated rings. The summed E-state index contributed by atoms with van der Waals surface area (Å²) in [5, 5.41) is 17.2. The van der Waals surface area contributed by atoms with Crippen LogP contribution in [-0.4, -0.2) is 0 Å². The highest BCUT2D eigenvalue weighted by molar-refractivity contribution is 6.49. The number of rotatable bonds is 0. The minimum atomic E-state index is 0.110. The van der Waals surface area contributed by atoms with Crippen molar-refractivity contribution in [3.05, 3.63) is 120 Å². The van der Waals surface area contributed by atoms with Gasteiger partial charge in [0.25, 0.3) is 0 Å². The monoisotopic (exact) mass is 540 g/mol. The first-order chi connectivity index (χ1) is 21.1. The zero-order valence-corrected chi connectivity index (χ0v) is 23.9. The van der Waals surface area contributed by atoms with Crippen molar-refractivity contribution < 1.29 is 0 Å². The molecule has 0 heterocycles. The van der Waals surface area contributed by atoms with Crippen LogP contribution in [0.15, 0.2) is 0 Å². The Bertz CT molecular complexity index is 2430. The maximum Gasteiger partial charge on any atom is 0.0162 e. The normalized spacial score (nSPS) is 45.3. The fraction of sp³-hybridized carbons (Fsp3) is 0.302. The van der Waals surface area contributed by atoms with Crippen molar-refractivity contribution >= 4 is 53.9 Å². The summed E-state index contributed by atoms with van der Waals surface area (Å²) in [6.45, 7) is 5.24. The summed E-state index contributed by atoms with van der Waals surface area (Å²) in [6.07, 6.45) is 27.1. The van der Waals surface area contributed by atoms with Crippen LogP contribution in [0, 0.1) is 69.6 Å². The average Bonchev–Trinajstić information content (AvgIpc) is 3.73. The number of hydrogen-bond donors (Lipinski definition) is 0. The van der Waals surface area contributed by atoms with Gasteiger partial charge >= 0.3 is 0 Å². The van der Waals surface area contributed by atoms with Gasteiger partial charge in [-0.2, -0.15) is 0 Å². The highest BCUT2D eigenvalue weighted by Crippen LogP contribution is 2.91. The zero-order chi connectivity index (χ0) is 26.7. The molecule has 196 valence electrons. The fourth-order valence-corrected chi connectivity index (χ4v) is 16.0. The molecular formula is C43H24. The van der Waals surface area contributed by atoms with Crippen molar-refractivity contribution in [2.45, 2.75) is 72.0 Å². The van der Waals surface area contributed by atoms with Crippen molar-refractivity contribution in [2.24, 2.45) is 5.41 Å². The molecule has 0 aliphatic heterocycles. The third-order valence-corrected chi connectivity index (χ3v) is 16.8. The summed E-state index contributed by atoms with van der Waals surface area (Å²) < 4.78 is 0. The molecular weight excluding hydrogens is 516 g/mol. The van der Waals surface area contributed by atoms with Gasteiger partial charge in [0.2, 0.25) is 0 Å². The molecule has 2 spiro atoms. The van der Waals surface area contributed by atoms with E-state index >= 15 is 0 Å². The second-order valence-electron chi connectivity index (χ2n) is 17.1. The Morgan fingerprint density at radius 2 is 0.605 bits per heavy atom. The number of benzene rings is 5. The van der Waals surface area contributed by atoms with Crippen molar-refractivity contribution in [3.63, 3.8) is 0 Å². The maximum atomic E-state index is 2.78. The quantitative estimate of drug-likeness (QED) is 0.169. The van der Waals surface area contributed by atoms with Crippen molar-refractivity contribution in [1.29, 1.82) is 0 Å². The van der Waals surface area contributed by atoms with E-state index in [1.165, 1.54) is 0 Å². The van der Waals surface area contributed by atoms with Crippen LogP contribution in [0.4, 0.5) is 0 Å². The third-order valence-electron chi connectivity index (χ3n) is 16.8. The van der Waals surface area contributed by atoms with Crippen LogP contribution in [0.3, 0.4) is 0 Å². The molecule has 6 aromatic rings. The molecule has 0 bridgehead atoms. The van der Waals surface area contributed by atoms with E-state index in [4.69, 9.17) is 0 Å². The summed E-state index contributed by atoms with van der Waals surface area (Å²) in [5.41, 5.74) is 18.1. The minimum Gasteiger partial charge on any atom is -0.0581 e. The smallest absolute Gasteiger partial charge is 0.0162 e. The molecule has 1 saturated carbocycles. The molecule has 0 amide bonds. The largest absolute Gasteiger partial charge is 0.0581 e. The lowest BCUT2D eigenvalue weighted by Gasteiger charge is -2.38. The van der Waals surface area contributed by atoms with E-state index in [0.29, 0.717) is 47.3 Å². The molecule has 10 atom stereocenters. The Balaban J connectivity index is 1.31. The molecule has 17 rings (SSSR count). The van der Waals surface area contributed by atoms with Crippen molar-refractivity contribution in [3.8, 4) is 0 Å². The molecule has 10 radical (unpaired) electrons. The SMILES string of the molecule is CC1(C)C23[CH][CH]C4c5c2c2c6c7c8c9c%10c%11c%12c%13c%14c%15c(c5c5c%14c%11c8c25)C4[CH][CH]C%15C%13[CH][CH]C%12C%10[CH][CH]C9C7[CH][CH]C613. The molecule has 6 aromatic carbocycles. The lowest BCUT2D eigenvalue weighted by atomic mass is 9.64. The Morgan fingerprint density at radius 3 is 0.953 bits per heavy atom. The van der Waals surface area contributed by atoms with Gasteiger partial charge in [0.05, 0.1) is 0 Å². The van der Waals surface area contributed by atoms with Crippen LogP contribution >= 0.6 is 0 Å². The molecule has 0 N–H and O–H groups in total. The van der Waals surface area contributed by atoms with Gasteiger partial charge in [-0.3, -0.25) is 0 Å². The van der Waals surface area contributed by atoms with Gasteiger partial charge in [-0.25, -0.2) is 0 Å².